The number of nitrogens with zero attached hydrogens (tertiary/aromatic N) is 1. The van der Waals surface area contributed by atoms with E-state index >= 15 is 0 Å². The minimum atomic E-state index is -4.01. The third kappa shape index (κ3) is 4.18. The van der Waals surface area contributed by atoms with Crippen molar-refractivity contribution in [3.8, 4) is 5.75 Å². The lowest BCUT2D eigenvalue weighted by molar-refractivity contribution is 0.321. The Bertz CT molecular complexity index is 1000. The van der Waals surface area contributed by atoms with Gasteiger partial charge in [0.1, 0.15) is 0 Å². The summed E-state index contributed by atoms with van der Waals surface area (Å²) in [6, 6.07) is 6.99. The highest BCUT2D eigenvalue weighted by Gasteiger charge is 2.36. The Morgan fingerprint density at radius 2 is 2.07 bits per heavy atom. The number of thiophene rings is 1. The Kier molecular flexibility index (Phi) is 5.90. The van der Waals surface area contributed by atoms with Gasteiger partial charge in [-0.3, -0.25) is 0 Å². The van der Waals surface area contributed by atoms with Gasteiger partial charge >= 0.3 is 0 Å². The second kappa shape index (κ2) is 7.86. The monoisotopic (exact) mass is 433 g/mol. The van der Waals surface area contributed by atoms with Crippen LogP contribution in [-0.2, 0) is 19.9 Å². The highest BCUT2D eigenvalue weighted by molar-refractivity contribution is 7.92. The van der Waals surface area contributed by atoms with Crippen molar-refractivity contribution < 1.29 is 26.0 Å². The Labute approximate surface area is 162 Å². The highest BCUT2D eigenvalue weighted by atomic mass is 32.2. The lowest BCUT2D eigenvalue weighted by Crippen LogP contribution is -2.33. The van der Waals surface area contributed by atoms with E-state index in [9.17, 15) is 21.2 Å². The number of sulfonamides is 1. The first kappa shape index (κ1) is 20.2. The quantitative estimate of drug-likeness (QED) is 0.724. The van der Waals surface area contributed by atoms with Gasteiger partial charge < -0.3 is 4.74 Å². The predicted molar refractivity (Wildman–Crippen MR) is 102 cm³/mol. The van der Waals surface area contributed by atoms with Crippen molar-refractivity contribution >= 4 is 31.2 Å². The fourth-order valence-corrected chi connectivity index (χ4v) is 7.61. The van der Waals surface area contributed by atoms with Crippen molar-refractivity contribution in [2.75, 3.05) is 25.4 Å². The average molecular weight is 434 g/mol. The van der Waals surface area contributed by atoms with Crippen LogP contribution in [0.5, 0.6) is 5.75 Å². The molecule has 3 rings (SSSR count). The molecule has 0 amide bonds. The third-order valence-electron chi connectivity index (χ3n) is 4.40. The summed E-state index contributed by atoms with van der Waals surface area (Å²) in [5.41, 5.74) is 0. The third-order valence-corrected chi connectivity index (χ3v) is 9.54. The predicted octanol–water partition coefficient (Wildman–Crippen LogP) is 2.84. The fraction of sp³-hybridized carbons (Fsp3) is 0.412. The van der Waals surface area contributed by atoms with E-state index in [1.54, 1.807) is 24.4 Å². The van der Waals surface area contributed by atoms with Gasteiger partial charge in [-0.05, 0) is 43.0 Å². The first-order valence-corrected chi connectivity index (χ1v) is 12.5. The molecule has 1 unspecified atom stereocenters. The molecule has 0 aliphatic carbocycles. The highest BCUT2D eigenvalue weighted by Crippen LogP contribution is 2.34. The van der Waals surface area contributed by atoms with E-state index in [2.05, 4.69) is 0 Å². The molecular weight excluding hydrogens is 413 g/mol. The second-order valence-corrected chi connectivity index (χ2v) is 11.3. The van der Waals surface area contributed by atoms with Gasteiger partial charge in [-0.1, -0.05) is 6.07 Å². The molecule has 2 aromatic rings. The summed E-state index contributed by atoms with van der Waals surface area (Å²) in [5, 5.41) is 1.09. The molecule has 1 atom stereocenters. The zero-order chi connectivity index (χ0) is 19.7. The molecule has 1 saturated heterocycles. The van der Waals surface area contributed by atoms with E-state index in [4.69, 9.17) is 4.74 Å². The largest absolute Gasteiger partial charge is 0.491 e. The van der Waals surface area contributed by atoms with Gasteiger partial charge in [0, 0.05) is 18.0 Å². The standard InChI is InChI=1S/C17H20FNO5S3/c1-2-24-15-6-5-13(12-14(15)18)27(22,23)19-8-7-17(16-4-3-10-25-16)26(20,21)11-9-19/h3-6,10,12,17H,2,7-9,11H2,1H3. The van der Waals surface area contributed by atoms with E-state index in [0.29, 0.717) is 4.88 Å². The molecule has 27 heavy (non-hydrogen) atoms. The summed E-state index contributed by atoms with van der Waals surface area (Å²) >= 11 is 1.34. The van der Waals surface area contributed by atoms with E-state index in [-0.39, 0.29) is 42.5 Å². The maximum Gasteiger partial charge on any atom is 0.243 e. The van der Waals surface area contributed by atoms with Crippen molar-refractivity contribution in [2.24, 2.45) is 0 Å². The number of halogens is 1. The zero-order valence-corrected chi connectivity index (χ0v) is 17.1. The maximum atomic E-state index is 14.1. The fourth-order valence-electron chi connectivity index (χ4n) is 3.02. The molecule has 0 spiro atoms. The average Bonchev–Trinajstić information content (AvgIpc) is 3.07. The Balaban J connectivity index is 1.87. The van der Waals surface area contributed by atoms with Crippen LogP contribution in [0.3, 0.4) is 0 Å². The summed E-state index contributed by atoms with van der Waals surface area (Å²) in [6.07, 6.45) is 0.168. The van der Waals surface area contributed by atoms with Gasteiger partial charge in [-0.15, -0.1) is 11.3 Å². The molecule has 2 heterocycles. The van der Waals surface area contributed by atoms with Gasteiger partial charge in [0.15, 0.2) is 21.4 Å². The van der Waals surface area contributed by atoms with Gasteiger partial charge in [-0.25, -0.2) is 21.2 Å². The smallest absolute Gasteiger partial charge is 0.243 e. The number of hydrogen-bond acceptors (Lipinski definition) is 6. The summed E-state index contributed by atoms with van der Waals surface area (Å²) in [6.45, 7) is 1.86. The number of sulfone groups is 1. The van der Waals surface area contributed by atoms with E-state index in [1.165, 1.54) is 23.5 Å². The van der Waals surface area contributed by atoms with Crippen LogP contribution in [0.1, 0.15) is 23.5 Å². The topological polar surface area (TPSA) is 80.8 Å². The van der Waals surface area contributed by atoms with Crippen molar-refractivity contribution in [2.45, 2.75) is 23.5 Å². The van der Waals surface area contributed by atoms with Crippen molar-refractivity contribution in [1.82, 2.24) is 4.31 Å². The Morgan fingerprint density at radius 3 is 2.70 bits per heavy atom. The normalized spacial score (nSPS) is 20.9. The van der Waals surface area contributed by atoms with E-state index in [1.807, 2.05) is 0 Å². The molecule has 1 aromatic heterocycles. The van der Waals surface area contributed by atoms with E-state index < -0.39 is 30.9 Å². The van der Waals surface area contributed by atoms with E-state index in [0.717, 1.165) is 10.4 Å². The van der Waals surface area contributed by atoms with Gasteiger partial charge in [0.2, 0.25) is 10.0 Å². The molecule has 1 fully saturated rings. The van der Waals surface area contributed by atoms with Crippen LogP contribution >= 0.6 is 11.3 Å². The molecular formula is C17H20FNO5S3. The summed E-state index contributed by atoms with van der Waals surface area (Å²) in [5.74, 6) is -1.06. The first-order chi connectivity index (χ1) is 12.8. The summed E-state index contributed by atoms with van der Waals surface area (Å²) in [4.78, 5) is 0.497. The van der Waals surface area contributed by atoms with Gasteiger partial charge in [-0.2, -0.15) is 4.31 Å². The molecule has 10 heteroatoms. The Hall–Kier alpha value is -1.49. The number of rotatable bonds is 5. The molecule has 0 bridgehead atoms. The molecule has 6 nitrogen and oxygen atoms in total. The molecule has 148 valence electrons. The van der Waals surface area contributed by atoms with Crippen LogP contribution in [0.2, 0.25) is 0 Å². The molecule has 1 aliphatic rings. The van der Waals surface area contributed by atoms with Gasteiger partial charge in [0.05, 0.1) is 22.5 Å². The van der Waals surface area contributed by atoms with Crippen LogP contribution in [0, 0.1) is 5.82 Å². The minimum Gasteiger partial charge on any atom is -0.491 e. The summed E-state index contributed by atoms with van der Waals surface area (Å²) in [7, 11) is -7.48. The molecule has 0 saturated carbocycles. The van der Waals surface area contributed by atoms with Crippen LogP contribution in [0.25, 0.3) is 0 Å². The van der Waals surface area contributed by atoms with Crippen molar-refractivity contribution in [3.63, 3.8) is 0 Å². The second-order valence-electron chi connectivity index (χ2n) is 6.09. The maximum absolute atomic E-state index is 14.1. The lowest BCUT2D eigenvalue weighted by Gasteiger charge is -2.20. The molecule has 0 radical (unpaired) electrons. The minimum absolute atomic E-state index is 0.0207. The molecule has 1 aliphatic heterocycles. The molecule has 1 aromatic carbocycles. The zero-order valence-electron chi connectivity index (χ0n) is 14.7. The van der Waals surface area contributed by atoms with Crippen LogP contribution in [0.15, 0.2) is 40.6 Å². The van der Waals surface area contributed by atoms with Crippen molar-refractivity contribution in [3.05, 3.63) is 46.4 Å². The number of benzene rings is 1. The molecule has 0 N–H and O–H groups in total. The number of ether oxygens (including phenoxy) is 1. The van der Waals surface area contributed by atoms with Crippen molar-refractivity contribution in [1.29, 1.82) is 0 Å². The first-order valence-electron chi connectivity index (χ1n) is 8.43. The van der Waals surface area contributed by atoms with Gasteiger partial charge in [0.25, 0.3) is 0 Å². The summed E-state index contributed by atoms with van der Waals surface area (Å²) < 4.78 is 71.3. The lowest BCUT2D eigenvalue weighted by atomic mass is 10.2. The number of hydrogen-bond donors (Lipinski definition) is 0. The van der Waals surface area contributed by atoms with Crippen LogP contribution < -0.4 is 4.74 Å². The van der Waals surface area contributed by atoms with Crippen LogP contribution in [-0.4, -0.2) is 46.6 Å². The SMILES string of the molecule is CCOc1ccc(S(=O)(=O)N2CCC(c3cccs3)S(=O)(=O)CC2)cc1F. The van der Waals surface area contributed by atoms with Crippen LogP contribution in [0.4, 0.5) is 4.39 Å². The Morgan fingerprint density at radius 1 is 1.30 bits per heavy atom.